The van der Waals surface area contributed by atoms with Crippen LogP contribution in [0.15, 0.2) is 36.4 Å². The number of methoxy groups -OCH3 is 1. The minimum atomic E-state index is -0.384. The summed E-state index contributed by atoms with van der Waals surface area (Å²) in [6.45, 7) is 3.12. The van der Waals surface area contributed by atoms with Crippen LogP contribution < -0.4 is 10.1 Å². The second-order valence-corrected chi connectivity index (χ2v) is 4.43. The Kier molecular flexibility index (Phi) is 4.69. The van der Waals surface area contributed by atoms with E-state index in [2.05, 4.69) is 5.32 Å². The molecule has 0 atom stereocenters. The molecule has 0 saturated heterocycles. The SMILES string of the molecule is CCNCc1cc(-c2ccc(OC)cc2F)ccc1F. The predicted octanol–water partition coefficient (Wildman–Crippen LogP) is 3.75. The van der Waals surface area contributed by atoms with Crippen LogP contribution in [0.3, 0.4) is 0 Å². The van der Waals surface area contributed by atoms with Gasteiger partial charge in [-0.05, 0) is 36.4 Å². The van der Waals surface area contributed by atoms with Gasteiger partial charge in [-0.15, -0.1) is 0 Å². The molecule has 2 aromatic rings. The van der Waals surface area contributed by atoms with Gasteiger partial charge < -0.3 is 10.1 Å². The maximum Gasteiger partial charge on any atom is 0.134 e. The number of halogens is 2. The van der Waals surface area contributed by atoms with Crippen molar-refractivity contribution in [1.29, 1.82) is 0 Å². The third-order valence-corrected chi connectivity index (χ3v) is 3.10. The highest BCUT2D eigenvalue weighted by Crippen LogP contribution is 2.27. The number of hydrogen-bond donors (Lipinski definition) is 1. The fourth-order valence-corrected chi connectivity index (χ4v) is 1.99. The molecule has 1 N–H and O–H groups in total. The van der Waals surface area contributed by atoms with Gasteiger partial charge in [0.25, 0.3) is 0 Å². The van der Waals surface area contributed by atoms with E-state index in [1.54, 1.807) is 24.3 Å². The van der Waals surface area contributed by atoms with Crippen LogP contribution in [0.4, 0.5) is 8.78 Å². The van der Waals surface area contributed by atoms with Crippen molar-refractivity contribution in [2.75, 3.05) is 13.7 Å². The van der Waals surface area contributed by atoms with Crippen molar-refractivity contribution in [3.63, 3.8) is 0 Å². The normalized spacial score (nSPS) is 10.6. The zero-order valence-electron chi connectivity index (χ0n) is 11.5. The number of rotatable bonds is 5. The van der Waals surface area contributed by atoms with Gasteiger partial charge in [0.2, 0.25) is 0 Å². The first-order valence-corrected chi connectivity index (χ1v) is 6.48. The van der Waals surface area contributed by atoms with Crippen molar-refractivity contribution < 1.29 is 13.5 Å². The van der Waals surface area contributed by atoms with Crippen LogP contribution in [0.1, 0.15) is 12.5 Å². The lowest BCUT2D eigenvalue weighted by Gasteiger charge is -2.09. The summed E-state index contributed by atoms with van der Waals surface area (Å²) >= 11 is 0. The summed E-state index contributed by atoms with van der Waals surface area (Å²) < 4.78 is 32.7. The molecule has 0 aliphatic heterocycles. The summed E-state index contributed by atoms with van der Waals surface area (Å²) in [5.74, 6) is -0.213. The smallest absolute Gasteiger partial charge is 0.134 e. The van der Waals surface area contributed by atoms with Crippen molar-refractivity contribution >= 4 is 0 Å². The molecule has 0 fully saturated rings. The van der Waals surface area contributed by atoms with Gasteiger partial charge in [0.05, 0.1) is 7.11 Å². The highest BCUT2D eigenvalue weighted by atomic mass is 19.1. The Morgan fingerprint density at radius 3 is 2.50 bits per heavy atom. The molecule has 0 unspecified atom stereocenters. The first kappa shape index (κ1) is 14.5. The Balaban J connectivity index is 2.37. The maximum atomic E-state index is 14.0. The summed E-state index contributed by atoms with van der Waals surface area (Å²) in [7, 11) is 1.49. The molecule has 0 spiro atoms. The van der Waals surface area contributed by atoms with Gasteiger partial charge >= 0.3 is 0 Å². The number of nitrogens with one attached hydrogen (secondary N) is 1. The second-order valence-electron chi connectivity index (χ2n) is 4.43. The van der Waals surface area contributed by atoms with Crippen molar-refractivity contribution in [3.8, 4) is 16.9 Å². The third kappa shape index (κ3) is 3.14. The quantitative estimate of drug-likeness (QED) is 0.898. The van der Waals surface area contributed by atoms with Gasteiger partial charge in [0, 0.05) is 23.7 Å². The molecular weight excluding hydrogens is 260 g/mol. The monoisotopic (exact) mass is 277 g/mol. The van der Waals surface area contributed by atoms with E-state index in [1.807, 2.05) is 6.92 Å². The topological polar surface area (TPSA) is 21.3 Å². The van der Waals surface area contributed by atoms with E-state index in [0.29, 0.717) is 29.0 Å². The largest absolute Gasteiger partial charge is 0.497 e. The maximum absolute atomic E-state index is 14.0. The van der Waals surface area contributed by atoms with Crippen LogP contribution in [-0.4, -0.2) is 13.7 Å². The molecule has 20 heavy (non-hydrogen) atoms. The second kappa shape index (κ2) is 6.48. The molecule has 0 radical (unpaired) electrons. The van der Waals surface area contributed by atoms with Gasteiger partial charge in [-0.3, -0.25) is 0 Å². The van der Waals surface area contributed by atoms with Gasteiger partial charge in [0.15, 0.2) is 0 Å². The molecule has 0 amide bonds. The third-order valence-electron chi connectivity index (χ3n) is 3.10. The molecule has 2 aromatic carbocycles. The van der Waals surface area contributed by atoms with Crippen LogP contribution in [0.2, 0.25) is 0 Å². The molecule has 0 aliphatic carbocycles. The average molecular weight is 277 g/mol. The first-order chi connectivity index (χ1) is 9.65. The average Bonchev–Trinajstić information content (AvgIpc) is 2.46. The summed E-state index contributed by atoms with van der Waals surface area (Å²) in [6.07, 6.45) is 0. The fraction of sp³-hybridized carbons (Fsp3) is 0.250. The van der Waals surface area contributed by atoms with Gasteiger partial charge in [-0.25, -0.2) is 8.78 Å². The van der Waals surface area contributed by atoms with Crippen molar-refractivity contribution in [2.24, 2.45) is 0 Å². The Labute approximate surface area is 117 Å². The number of benzene rings is 2. The Bertz CT molecular complexity index is 599. The molecule has 106 valence electrons. The fourth-order valence-electron chi connectivity index (χ4n) is 1.99. The summed E-state index contributed by atoms with van der Waals surface area (Å²) in [4.78, 5) is 0. The van der Waals surface area contributed by atoms with E-state index in [1.165, 1.54) is 19.2 Å². The molecular formula is C16H17F2NO. The lowest BCUT2D eigenvalue weighted by molar-refractivity contribution is 0.411. The Morgan fingerprint density at radius 1 is 1.05 bits per heavy atom. The Hall–Kier alpha value is -1.94. The molecule has 2 rings (SSSR count). The van der Waals surface area contributed by atoms with Crippen LogP contribution in [0.25, 0.3) is 11.1 Å². The van der Waals surface area contributed by atoms with E-state index in [9.17, 15) is 8.78 Å². The zero-order chi connectivity index (χ0) is 14.5. The molecule has 0 aliphatic rings. The van der Waals surface area contributed by atoms with Crippen LogP contribution in [-0.2, 0) is 6.54 Å². The summed E-state index contributed by atoms with van der Waals surface area (Å²) in [5, 5.41) is 3.06. The number of ether oxygens (including phenoxy) is 1. The van der Waals surface area contributed by atoms with E-state index in [-0.39, 0.29) is 11.6 Å². The predicted molar refractivity (Wildman–Crippen MR) is 75.7 cm³/mol. The standard InChI is InChI=1S/C16H17F2NO/c1-3-19-10-12-8-11(4-7-15(12)17)14-6-5-13(20-2)9-16(14)18/h4-9,19H,3,10H2,1-2H3. The van der Waals surface area contributed by atoms with Crippen molar-refractivity contribution in [2.45, 2.75) is 13.5 Å². The van der Waals surface area contributed by atoms with Gasteiger partial charge in [-0.1, -0.05) is 13.0 Å². The molecule has 0 bridgehead atoms. The van der Waals surface area contributed by atoms with Crippen LogP contribution in [0, 0.1) is 11.6 Å². The van der Waals surface area contributed by atoms with E-state index >= 15 is 0 Å². The van der Waals surface area contributed by atoms with E-state index < -0.39 is 0 Å². The first-order valence-electron chi connectivity index (χ1n) is 6.48. The van der Waals surface area contributed by atoms with Gasteiger partial charge in [-0.2, -0.15) is 0 Å². The lowest BCUT2D eigenvalue weighted by Crippen LogP contribution is -2.13. The van der Waals surface area contributed by atoms with Crippen LogP contribution >= 0.6 is 0 Å². The van der Waals surface area contributed by atoms with Crippen molar-refractivity contribution in [3.05, 3.63) is 53.6 Å². The Morgan fingerprint density at radius 2 is 1.85 bits per heavy atom. The van der Waals surface area contributed by atoms with E-state index in [0.717, 1.165) is 6.54 Å². The zero-order valence-corrected chi connectivity index (χ0v) is 11.5. The molecule has 0 saturated carbocycles. The summed E-state index contributed by atoms with van der Waals surface area (Å²) in [6, 6.07) is 9.26. The van der Waals surface area contributed by atoms with Gasteiger partial charge in [0.1, 0.15) is 17.4 Å². The minimum Gasteiger partial charge on any atom is -0.497 e. The minimum absolute atomic E-state index is 0.288. The van der Waals surface area contributed by atoms with Crippen LogP contribution in [0.5, 0.6) is 5.75 Å². The number of hydrogen-bond acceptors (Lipinski definition) is 2. The molecule has 4 heteroatoms. The van der Waals surface area contributed by atoms with Crippen molar-refractivity contribution in [1.82, 2.24) is 5.32 Å². The highest BCUT2D eigenvalue weighted by Gasteiger charge is 2.09. The molecule has 2 nitrogen and oxygen atoms in total. The molecule has 0 aromatic heterocycles. The highest BCUT2D eigenvalue weighted by molar-refractivity contribution is 5.65. The molecule has 0 heterocycles. The lowest BCUT2D eigenvalue weighted by atomic mass is 10.0. The summed E-state index contributed by atoms with van der Waals surface area (Å²) in [5.41, 5.74) is 1.61. The van der Waals surface area contributed by atoms with E-state index in [4.69, 9.17) is 4.74 Å².